The molecular weight excluding hydrogens is 224 g/mol. The van der Waals surface area contributed by atoms with Gasteiger partial charge < -0.3 is 10.1 Å². The standard InChI is InChI=1S/C15H26N2O/c1-4-15(12-18)6-5-14(2,3)11-13(15)17-9-7-16-8-10-17/h5-6,12-13,16H,4,7-11H2,1-3H3. The fourth-order valence-electron chi connectivity index (χ4n) is 3.27. The van der Waals surface area contributed by atoms with Gasteiger partial charge in [-0.05, 0) is 18.3 Å². The molecule has 2 rings (SSSR count). The molecule has 1 aliphatic carbocycles. The lowest BCUT2D eigenvalue weighted by atomic mass is 9.66. The van der Waals surface area contributed by atoms with Gasteiger partial charge in [0.15, 0.2) is 0 Å². The van der Waals surface area contributed by atoms with Gasteiger partial charge in [0.05, 0.1) is 5.41 Å². The molecule has 0 spiro atoms. The van der Waals surface area contributed by atoms with Crippen LogP contribution in [0.25, 0.3) is 0 Å². The molecule has 1 saturated heterocycles. The number of hydrogen-bond donors (Lipinski definition) is 1. The molecule has 2 unspecified atom stereocenters. The molecule has 18 heavy (non-hydrogen) atoms. The number of piperazine rings is 1. The van der Waals surface area contributed by atoms with E-state index in [2.05, 4.69) is 43.1 Å². The van der Waals surface area contributed by atoms with Crippen molar-refractivity contribution in [3.05, 3.63) is 12.2 Å². The van der Waals surface area contributed by atoms with Crippen LogP contribution in [-0.4, -0.2) is 43.4 Å². The molecule has 1 fully saturated rings. The van der Waals surface area contributed by atoms with E-state index in [0.29, 0.717) is 6.04 Å². The monoisotopic (exact) mass is 250 g/mol. The van der Waals surface area contributed by atoms with Crippen LogP contribution in [0.5, 0.6) is 0 Å². The van der Waals surface area contributed by atoms with Crippen LogP contribution in [0.15, 0.2) is 12.2 Å². The number of hydrogen-bond acceptors (Lipinski definition) is 3. The maximum absolute atomic E-state index is 11.7. The van der Waals surface area contributed by atoms with Crippen LogP contribution in [-0.2, 0) is 4.79 Å². The van der Waals surface area contributed by atoms with Crippen LogP contribution in [0.3, 0.4) is 0 Å². The first-order valence-electron chi connectivity index (χ1n) is 7.14. The average Bonchev–Trinajstić information content (AvgIpc) is 2.40. The van der Waals surface area contributed by atoms with Crippen LogP contribution in [0, 0.1) is 10.8 Å². The van der Waals surface area contributed by atoms with E-state index >= 15 is 0 Å². The van der Waals surface area contributed by atoms with Crippen LogP contribution in [0.1, 0.15) is 33.6 Å². The zero-order chi connectivity index (χ0) is 13.2. The van der Waals surface area contributed by atoms with E-state index in [1.807, 2.05) is 0 Å². The summed E-state index contributed by atoms with van der Waals surface area (Å²) in [6.07, 6.45) is 7.58. The highest BCUT2D eigenvalue weighted by Crippen LogP contribution is 2.43. The van der Waals surface area contributed by atoms with E-state index in [1.165, 1.54) is 6.29 Å². The highest BCUT2D eigenvalue weighted by atomic mass is 16.1. The largest absolute Gasteiger partial charge is 0.314 e. The molecule has 0 amide bonds. The van der Waals surface area contributed by atoms with E-state index in [0.717, 1.165) is 39.0 Å². The number of carbonyl (C=O) groups is 1. The predicted octanol–water partition coefficient (Wildman–Crippen LogP) is 1.84. The minimum Gasteiger partial charge on any atom is -0.314 e. The number of rotatable bonds is 3. The van der Waals surface area contributed by atoms with Gasteiger partial charge in [-0.2, -0.15) is 0 Å². The molecule has 0 radical (unpaired) electrons. The van der Waals surface area contributed by atoms with E-state index in [9.17, 15) is 4.79 Å². The van der Waals surface area contributed by atoms with Gasteiger partial charge in [-0.15, -0.1) is 0 Å². The lowest BCUT2D eigenvalue weighted by molar-refractivity contribution is -0.118. The summed E-state index contributed by atoms with van der Waals surface area (Å²) in [5, 5.41) is 3.39. The number of aldehydes is 1. The van der Waals surface area contributed by atoms with E-state index in [-0.39, 0.29) is 10.8 Å². The molecular formula is C15H26N2O. The second-order valence-electron chi connectivity index (χ2n) is 6.41. The quantitative estimate of drug-likeness (QED) is 0.613. The normalized spacial score (nSPS) is 36.5. The van der Waals surface area contributed by atoms with Crippen LogP contribution in [0.2, 0.25) is 0 Å². The predicted molar refractivity (Wildman–Crippen MR) is 74.6 cm³/mol. The molecule has 2 aliphatic rings. The second-order valence-corrected chi connectivity index (χ2v) is 6.41. The second kappa shape index (κ2) is 5.14. The molecule has 2 atom stereocenters. The van der Waals surface area contributed by atoms with Gasteiger partial charge in [0.1, 0.15) is 6.29 Å². The minimum absolute atomic E-state index is 0.206. The Hall–Kier alpha value is -0.670. The zero-order valence-corrected chi connectivity index (χ0v) is 11.9. The van der Waals surface area contributed by atoms with Gasteiger partial charge in [0.25, 0.3) is 0 Å². The summed E-state index contributed by atoms with van der Waals surface area (Å²) in [5.41, 5.74) is -0.0654. The van der Waals surface area contributed by atoms with E-state index in [4.69, 9.17) is 0 Å². The number of nitrogens with one attached hydrogen (secondary N) is 1. The molecule has 1 aliphatic heterocycles. The first-order valence-corrected chi connectivity index (χ1v) is 7.14. The summed E-state index contributed by atoms with van der Waals surface area (Å²) < 4.78 is 0. The molecule has 3 nitrogen and oxygen atoms in total. The van der Waals surface area contributed by atoms with Gasteiger partial charge in [0, 0.05) is 32.2 Å². The first kappa shape index (κ1) is 13.8. The summed E-state index contributed by atoms with van der Waals surface area (Å²) in [5.74, 6) is 0. The molecule has 0 bridgehead atoms. The third-order valence-electron chi connectivity index (χ3n) is 4.61. The highest BCUT2D eigenvalue weighted by Gasteiger charge is 2.44. The molecule has 1 N–H and O–H groups in total. The first-order chi connectivity index (χ1) is 8.53. The fraction of sp³-hybridized carbons (Fsp3) is 0.800. The number of allylic oxidation sites excluding steroid dienone is 1. The SMILES string of the molecule is CCC1(C=O)C=CC(C)(C)CC1N1CCNCC1. The van der Waals surface area contributed by atoms with Crippen molar-refractivity contribution in [1.29, 1.82) is 0 Å². The van der Waals surface area contributed by atoms with Crippen molar-refractivity contribution in [2.45, 2.75) is 39.7 Å². The summed E-state index contributed by atoms with van der Waals surface area (Å²) in [4.78, 5) is 14.2. The Balaban J connectivity index is 2.27. The van der Waals surface area contributed by atoms with E-state index in [1.54, 1.807) is 0 Å². The fourth-order valence-corrected chi connectivity index (χ4v) is 3.27. The van der Waals surface area contributed by atoms with Crippen molar-refractivity contribution in [2.75, 3.05) is 26.2 Å². The Kier molecular flexibility index (Phi) is 3.93. The molecule has 0 aromatic rings. The molecule has 1 heterocycles. The van der Waals surface area contributed by atoms with Gasteiger partial charge in [-0.25, -0.2) is 0 Å². The summed E-state index contributed by atoms with van der Waals surface area (Å²) in [7, 11) is 0. The Morgan fingerprint density at radius 2 is 2.00 bits per heavy atom. The van der Waals surface area contributed by atoms with Crippen molar-refractivity contribution in [3.63, 3.8) is 0 Å². The summed E-state index contributed by atoms with van der Waals surface area (Å²) >= 11 is 0. The Bertz CT molecular complexity index is 331. The van der Waals surface area contributed by atoms with Crippen molar-refractivity contribution in [3.8, 4) is 0 Å². The molecule has 0 aromatic carbocycles. The zero-order valence-electron chi connectivity index (χ0n) is 11.9. The van der Waals surface area contributed by atoms with Gasteiger partial charge in [-0.1, -0.05) is 32.9 Å². The lowest BCUT2D eigenvalue weighted by Gasteiger charge is -2.48. The number of carbonyl (C=O) groups excluding carboxylic acids is 1. The molecule has 0 saturated carbocycles. The van der Waals surface area contributed by atoms with E-state index < -0.39 is 0 Å². The third-order valence-corrected chi connectivity index (χ3v) is 4.61. The smallest absolute Gasteiger partial charge is 0.131 e. The van der Waals surface area contributed by atoms with Crippen LogP contribution < -0.4 is 5.32 Å². The van der Waals surface area contributed by atoms with Gasteiger partial charge in [-0.3, -0.25) is 4.90 Å². The molecule has 0 aromatic heterocycles. The molecule has 102 valence electrons. The highest BCUT2D eigenvalue weighted by molar-refractivity contribution is 5.65. The van der Waals surface area contributed by atoms with Crippen LogP contribution in [0.4, 0.5) is 0 Å². The minimum atomic E-state index is -0.271. The Labute approximate surface area is 111 Å². The van der Waals surface area contributed by atoms with Gasteiger partial charge >= 0.3 is 0 Å². The average molecular weight is 250 g/mol. The lowest BCUT2D eigenvalue weighted by Crippen LogP contribution is -2.57. The van der Waals surface area contributed by atoms with Crippen LogP contribution >= 0.6 is 0 Å². The Morgan fingerprint density at radius 3 is 2.56 bits per heavy atom. The van der Waals surface area contributed by atoms with Gasteiger partial charge in [0.2, 0.25) is 0 Å². The maximum atomic E-state index is 11.7. The summed E-state index contributed by atoms with van der Waals surface area (Å²) in [6, 6.07) is 0.363. The van der Waals surface area contributed by atoms with Crippen molar-refractivity contribution >= 4 is 6.29 Å². The number of nitrogens with zero attached hydrogens (tertiary/aromatic N) is 1. The van der Waals surface area contributed by atoms with Crippen molar-refractivity contribution < 1.29 is 4.79 Å². The molecule has 3 heteroatoms. The van der Waals surface area contributed by atoms with Crippen molar-refractivity contribution in [2.24, 2.45) is 10.8 Å². The Morgan fingerprint density at radius 1 is 1.33 bits per heavy atom. The maximum Gasteiger partial charge on any atom is 0.131 e. The van der Waals surface area contributed by atoms with Crippen molar-refractivity contribution in [1.82, 2.24) is 10.2 Å². The summed E-state index contributed by atoms with van der Waals surface area (Å²) in [6.45, 7) is 10.9. The third kappa shape index (κ3) is 2.52. The topological polar surface area (TPSA) is 32.3 Å².